The van der Waals surface area contributed by atoms with E-state index in [-0.39, 0.29) is 5.91 Å². The molecular weight excluding hydrogens is 262 g/mol. The van der Waals surface area contributed by atoms with E-state index in [1.54, 1.807) is 0 Å². The molecule has 1 aliphatic carbocycles. The molecule has 1 aliphatic heterocycles. The van der Waals surface area contributed by atoms with Crippen molar-refractivity contribution in [1.82, 2.24) is 5.32 Å². The SMILES string of the molecule is Cc1cc2c(cc1N)N(CC(=O)NC1CCCCC1)CC2. The van der Waals surface area contributed by atoms with Gasteiger partial charge < -0.3 is 16.0 Å². The predicted molar refractivity (Wildman–Crippen MR) is 86.5 cm³/mol. The van der Waals surface area contributed by atoms with E-state index in [4.69, 9.17) is 5.73 Å². The highest BCUT2D eigenvalue weighted by molar-refractivity contribution is 5.83. The number of nitrogens with zero attached hydrogens (tertiary/aromatic N) is 1. The van der Waals surface area contributed by atoms with Gasteiger partial charge in [-0.05, 0) is 43.4 Å². The summed E-state index contributed by atoms with van der Waals surface area (Å²) < 4.78 is 0. The van der Waals surface area contributed by atoms with Gasteiger partial charge in [-0.1, -0.05) is 25.3 Å². The van der Waals surface area contributed by atoms with E-state index in [1.807, 2.05) is 13.0 Å². The van der Waals surface area contributed by atoms with Gasteiger partial charge >= 0.3 is 0 Å². The van der Waals surface area contributed by atoms with Gasteiger partial charge in [-0.25, -0.2) is 0 Å². The van der Waals surface area contributed by atoms with E-state index in [1.165, 1.54) is 24.8 Å². The summed E-state index contributed by atoms with van der Waals surface area (Å²) in [6, 6.07) is 4.56. The van der Waals surface area contributed by atoms with E-state index < -0.39 is 0 Å². The molecule has 0 atom stereocenters. The summed E-state index contributed by atoms with van der Waals surface area (Å²) in [5.41, 5.74) is 10.4. The monoisotopic (exact) mass is 287 g/mol. The minimum atomic E-state index is 0.147. The second kappa shape index (κ2) is 5.96. The number of nitrogens with two attached hydrogens (primary N) is 1. The van der Waals surface area contributed by atoms with Crippen LogP contribution in [-0.4, -0.2) is 25.0 Å². The first-order valence-electron chi connectivity index (χ1n) is 8.07. The van der Waals surface area contributed by atoms with Crippen LogP contribution in [0.15, 0.2) is 12.1 Å². The third kappa shape index (κ3) is 3.14. The van der Waals surface area contributed by atoms with Crippen LogP contribution in [0.5, 0.6) is 0 Å². The minimum absolute atomic E-state index is 0.147. The first-order chi connectivity index (χ1) is 10.1. The molecule has 1 aromatic rings. The summed E-state index contributed by atoms with van der Waals surface area (Å²) >= 11 is 0. The first-order valence-corrected chi connectivity index (χ1v) is 8.07. The fraction of sp³-hybridized carbons (Fsp3) is 0.588. The maximum atomic E-state index is 12.2. The van der Waals surface area contributed by atoms with Crippen molar-refractivity contribution in [2.24, 2.45) is 0 Å². The molecule has 1 amide bonds. The van der Waals surface area contributed by atoms with E-state index in [2.05, 4.69) is 16.3 Å². The minimum Gasteiger partial charge on any atom is -0.398 e. The Morgan fingerprint density at radius 2 is 2.10 bits per heavy atom. The third-order valence-corrected chi connectivity index (χ3v) is 4.76. The van der Waals surface area contributed by atoms with Crippen LogP contribution in [0.25, 0.3) is 0 Å². The van der Waals surface area contributed by atoms with Crippen LogP contribution < -0.4 is 16.0 Å². The molecule has 4 nitrogen and oxygen atoms in total. The zero-order valence-electron chi connectivity index (χ0n) is 12.8. The number of aryl methyl sites for hydroxylation is 1. The van der Waals surface area contributed by atoms with Crippen molar-refractivity contribution in [2.45, 2.75) is 51.5 Å². The zero-order chi connectivity index (χ0) is 14.8. The maximum Gasteiger partial charge on any atom is 0.239 e. The van der Waals surface area contributed by atoms with Crippen LogP contribution >= 0.6 is 0 Å². The number of carbonyl (C=O) groups is 1. The lowest BCUT2D eigenvalue weighted by molar-refractivity contribution is -0.120. The zero-order valence-corrected chi connectivity index (χ0v) is 12.8. The molecule has 0 saturated heterocycles. The topological polar surface area (TPSA) is 58.4 Å². The van der Waals surface area contributed by atoms with E-state index >= 15 is 0 Å². The molecule has 1 saturated carbocycles. The molecule has 0 bridgehead atoms. The largest absolute Gasteiger partial charge is 0.398 e. The standard InChI is InChI=1S/C17H25N3O/c1-12-9-13-7-8-20(16(13)10-15(12)18)11-17(21)19-14-5-3-2-4-6-14/h9-10,14H,2-8,11,18H2,1H3,(H,19,21). The molecule has 0 radical (unpaired) electrons. The molecule has 0 aromatic heterocycles. The van der Waals surface area contributed by atoms with Crippen LogP contribution in [0.2, 0.25) is 0 Å². The summed E-state index contributed by atoms with van der Waals surface area (Å²) in [5.74, 6) is 0.147. The molecule has 1 aromatic carbocycles. The lowest BCUT2D eigenvalue weighted by Gasteiger charge is -2.25. The fourth-order valence-corrected chi connectivity index (χ4v) is 3.50. The van der Waals surface area contributed by atoms with Gasteiger partial charge in [0.05, 0.1) is 6.54 Å². The fourth-order valence-electron chi connectivity index (χ4n) is 3.50. The second-order valence-corrected chi connectivity index (χ2v) is 6.41. The Kier molecular flexibility index (Phi) is 4.04. The molecule has 0 unspecified atom stereocenters. The quantitative estimate of drug-likeness (QED) is 0.839. The van der Waals surface area contributed by atoms with Gasteiger partial charge in [0.15, 0.2) is 0 Å². The van der Waals surface area contributed by atoms with Gasteiger partial charge in [0.2, 0.25) is 5.91 Å². The smallest absolute Gasteiger partial charge is 0.239 e. The van der Waals surface area contributed by atoms with Crippen molar-refractivity contribution in [2.75, 3.05) is 23.7 Å². The summed E-state index contributed by atoms with van der Waals surface area (Å²) in [6.07, 6.45) is 7.07. The third-order valence-electron chi connectivity index (χ3n) is 4.76. The van der Waals surface area contributed by atoms with Crippen LogP contribution in [0.1, 0.15) is 43.2 Å². The Morgan fingerprint density at radius 3 is 2.86 bits per heavy atom. The molecule has 1 heterocycles. The number of rotatable bonds is 3. The highest BCUT2D eigenvalue weighted by Gasteiger charge is 2.23. The van der Waals surface area contributed by atoms with Gasteiger partial charge in [-0.15, -0.1) is 0 Å². The van der Waals surface area contributed by atoms with Crippen molar-refractivity contribution in [3.63, 3.8) is 0 Å². The normalized spacial score (nSPS) is 18.6. The maximum absolute atomic E-state index is 12.2. The van der Waals surface area contributed by atoms with Crippen LogP contribution in [0.4, 0.5) is 11.4 Å². The molecule has 1 fully saturated rings. The second-order valence-electron chi connectivity index (χ2n) is 6.41. The molecule has 3 N–H and O–H groups in total. The van der Waals surface area contributed by atoms with Crippen LogP contribution in [0.3, 0.4) is 0 Å². The number of nitrogen functional groups attached to an aromatic ring is 1. The van der Waals surface area contributed by atoms with Crippen LogP contribution in [0, 0.1) is 6.92 Å². The lowest BCUT2D eigenvalue weighted by atomic mass is 9.95. The Bertz CT molecular complexity index is 535. The highest BCUT2D eigenvalue weighted by atomic mass is 16.2. The highest BCUT2D eigenvalue weighted by Crippen LogP contribution is 2.31. The number of anilines is 2. The number of hydrogen-bond acceptors (Lipinski definition) is 3. The predicted octanol–water partition coefficient (Wildman–Crippen LogP) is 2.39. The Morgan fingerprint density at radius 1 is 1.33 bits per heavy atom. The molecule has 21 heavy (non-hydrogen) atoms. The summed E-state index contributed by atoms with van der Waals surface area (Å²) in [5, 5.41) is 3.19. The van der Waals surface area contributed by atoms with E-state index in [9.17, 15) is 4.79 Å². The number of carbonyl (C=O) groups excluding carboxylic acids is 1. The van der Waals surface area contributed by atoms with Crippen molar-refractivity contribution in [1.29, 1.82) is 0 Å². The van der Waals surface area contributed by atoms with Crippen molar-refractivity contribution < 1.29 is 4.79 Å². The van der Waals surface area contributed by atoms with E-state index in [0.717, 1.165) is 42.7 Å². The van der Waals surface area contributed by atoms with Crippen molar-refractivity contribution >= 4 is 17.3 Å². The van der Waals surface area contributed by atoms with Crippen molar-refractivity contribution in [3.05, 3.63) is 23.3 Å². The summed E-state index contributed by atoms with van der Waals surface area (Å²) in [4.78, 5) is 14.4. The number of fused-ring (bicyclic) bond motifs is 1. The van der Waals surface area contributed by atoms with E-state index in [0.29, 0.717) is 12.6 Å². The number of hydrogen-bond donors (Lipinski definition) is 2. The summed E-state index contributed by atoms with van der Waals surface area (Å²) in [7, 11) is 0. The number of amides is 1. The Balaban J connectivity index is 1.62. The Hall–Kier alpha value is -1.71. The van der Waals surface area contributed by atoms with Gasteiger partial charge in [-0.2, -0.15) is 0 Å². The number of benzene rings is 1. The molecule has 2 aliphatic rings. The first kappa shape index (κ1) is 14.2. The molecule has 4 heteroatoms. The molecular formula is C17H25N3O. The average Bonchev–Trinajstić information content (AvgIpc) is 2.83. The molecule has 0 spiro atoms. The van der Waals surface area contributed by atoms with Crippen molar-refractivity contribution in [3.8, 4) is 0 Å². The Labute approximate surface area is 126 Å². The molecule has 114 valence electrons. The molecule has 3 rings (SSSR count). The van der Waals surface area contributed by atoms with Gasteiger partial charge in [0, 0.05) is 24.0 Å². The van der Waals surface area contributed by atoms with Gasteiger partial charge in [0.1, 0.15) is 0 Å². The van der Waals surface area contributed by atoms with Crippen LogP contribution in [-0.2, 0) is 11.2 Å². The van der Waals surface area contributed by atoms with Gasteiger partial charge in [0.25, 0.3) is 0 Å². The summed E-state index contributed by atoms with van der Waals surface area (Å²) in [6.45, 7) is 3.40. The van der Waals surface area contributed by atoms with Gasteiger partial charge in [-0.3, -0.25) is 4.79 Å². The number of nitrogens with one attached hydrogen (secondary N) is 1. The average molecular weight is 287 g/mol. The lowest BCUT2D eigenvalue weighted by Crippen LogP contribution is -2.42.